The van der Waals surface area contributed by atoms with Crippen LogP contribution in [0.5, 0.6) is 0 Å². The van der Waals surface area contributed by atoms with Gasteiger partial charge in [0, 0.05) is 16.4 Å². The predicted octanol–water partition coefficient (Wildman–Crippen LogP) is 4.43. The van der Waals surface area contributed by atoms with Gasteiger partial charge in [-0.25, -0.2) is 9.78 Å². The summed E-state index contributed by atoms with van der Waals surface area (Å²) in [6.07, 6.45) is 0.473. The molecule has 1 saturated heterocycles. The summed E-state index contributed by atoms with van der Waals surface area (Å²) >= 11 is 3.50. The molecule has 2 aromatic carbocycles. The van der Waals surface area contributed by atoms with E-state index in [-0.39, 0.29) is 17.9 Å². The number of hydrogen-bond acceptors (Lipinski definition) is 3. The third kappa shape index (κ3) is 3.69. The number of rotatable bonds is 4. The number of carbonyl (C=O) groups excluding carboxylic acids is 1. The standard InChI is InChI=1S/C21H23BrN4O3/c1-11(2)17(25-21(28)29)20(27)26-9-3-4-16(26)19-23-15-8-5-12-10-13(22)6-7-14(12)18(15)24-19/h5-8,10-11,16-17,25H,3-4,9H2,1-2H3,(H,23,24)(H,28,29)/t16-,17?/m0/s1. The molecule has 0 radical (unpaired) electrons. The Bertz CT molecular complexity index is 1090. The van der Waals surface area contributed by atoms with Gasteiger partial charge in [-0.3, -0.25) is 4.79 Å². The van der Waals surface area contributed by atoms with Crippen LogP contribution in [0.4, 0.5) is 4.79 Å². The third-order valence-corrected chi connectivity index (χ3v) is 6.00. The van der Waals surface area contributed by atoms with Crippen molar-refractivity contribution in [3.8, 4) is 0 Å². The molecule has 1 aliphatic rings. The lowest BCUT2D eigenvalue weighted by molar-refractivity contribution is -0.135. The second kappa shape index (κ2) is 7.67. The maximum Gasteiger partial charge on any atom is 0.405 e. The van der Waals surface area contributed by atoms with Crippen LogP contribution in [-0.2, 0) is 4.79 Å². The zero-order chi connectivity index (χ0) is 20.7. The fourth-order valence-corrected chi connectivity index (χ4v) is 4.47. The first-order valence-corrected chi connectivity index (χ1v) is 10.5. The summed E-state index contributed by atoms with van der Waals surface area (Å²) in [4.78, 5) is 34.3. The molecule has 1 aromatic heterocycles. The number of H-pyrrole nitrogens is 1. The van der Waals surface area contributed by atoms with E-state index in [0.29, 0.717) is 6.54 Å². The lowest BCUT2D eigenvalue weighted by Crippen LogP contribution is -2.50. The molecule has 1 unspecified atom stereocenters. The van der Waals surface area contributed by atoms with Crippen molar-refractivity contribution in [2.45, 2.75) is 38.8 Å². The van der Waals surface area contributed by atoms with Crippen LogP contribution in [0.2, 0.25) is 0 Å². The Labute approximate surface area is 176 Å². The van der Waals surface area contributed by atoms with E-state index in [1.54, 1.807) is 4.90 Å². The zero-order valence-corrected chi connectivity index (χ0v) is 17.9. The van der Waals surface area contributed by atoms with Gasteiger partial charge < -0.3 is 20.3 Å². The number of carboxylic acid groups (broad SMARTS) is 1. The van der Waals surface area contributed by atoms with Crippen molar-refractivity contribution in [3.05, 3.63) is 40.6 Å². The highest BCUT2D eigenvalue weighted by atomic mass is 79.9. The summed E-state index contributed by atoms with van der Waals surface area (Å²) in [6.45, 7) is 4.28. The Balaban J connectivity index is 1.69. The number of likely N-dealkylation sites (tertiary alicyclic amines) is 1. The maximum atomic E-state index is 13.1. The summed E-state index contributed by atoms with van der Waals surface area (Å²) in [6, 6.07) is 9.19. The van der Waals surface area contributed by atoms with Crippen molar-refractivity contribution >= 4 is 49.7 Å². The molecule has 0 saturated carbocycles. The van der Waals surface area contributed by atoms with E-state index < -0.39 is 12.1 Å². The minimum absolute atomic E-state index is 0.141. The fourth-order valence-electron chi connectivity index (χ4n) is 4.09. The van der Waals surface area contributed by atoms with E-state index in [0.717, 1.165) is 44.9 Å². The Morgan fingerprint density at radius 2 is 2.10 bits per heavy atom. The van der Waals surface area contributed by atoms with Crippen LogP contribution in [0.3, 0.4) is 0 Å². The number of nitrogens with one attached hydrogen (secondary N) is 2. The van der Waals surface area contributed by atoms with E-state index in [2.05, 4.69) is 32.3 Å². The Kier molecular flexibility index (Phi) is 5.21. The highest BCUT2D eigenvalue weighted by Crippen LogP contribution is 2.34. The van der Waals surface area contributed by atoms with Crippen molar-refractivity contribution < 1.29 is 14.7 Å². The molecule has 0 aliphatic carbocycles. The number of nitrogens with zero attached hydrogens (tertiary/aromatic N) is 2. The number of imidazole rings is 1. The maximum absolute atomic E-state index is 13.1. The molecule has 2 heterocycles. The van der Waals surface area contributed by atoms with Gasteiger partial charge in [0.15, 0.2) is 0 Å². The van der Waals surface area contributed by atoms with E-state index in [1.165, 1.54) is 0 Å². The van der Waals surface area contributed by atoms with Gasteiger partial charge in [-0.1, -0.05) is 41.9 Å². The molecule has 7 nitrogen and oxygen atoms in total. The van der Waals surface area contributed by atoms with Gasteiger partial charge in [-0.15, -0.1) is 0 Å². The topological polar surface area (TPSA) is 98.3 Å². The number of carbonyl (C=O) groups is 2. The predicted molar refractivity (Wildman–Crippen MR) is 115 cm³/mol. The second-order valence-corrected chi connectivity index (χ2v) is 8.73. The second-order valence-electron chi connectivity index (χ2n) is 7.81. The first-order chi connectivity index (χ1) is 13.8. The molecule has 3 N–H and O–H groups in total. The molecule has 1 fully saturated rings. The molecule has 29 heavy (non-hydrogen) atoms. The summed E-state index contributed by atoms with van der Waals surface area (Å²) in [5, 5.41) is 13.6. The minimum Gasteiger partial charge on any atom is -0.465 e. The van der Waals surface area contributed by atoms with Crippen molar-refractivity contribution in [2.24, 2.45) is 5.92 Å². The molecule has 152 valence electrons. The van der Waals surface area contributed by atoms with Crippen LogP contribution >= 0.6 is 15.9 Å². The number of aromatic nitrogens is 2. The minimum atomic E-state index is -1.19. The van der Waals surface area contributed by atoms with Crippen LogP contribution in [-0.4, -0.2) is 44.6 Å². The van der Waals surface area contributed by atoms with Gasteiger partial charge in [0.05, 0.1) is 17.1 Å². The highest BCUT2D eigenvalue weighted by molar-refractivity contribution is 9.10. The monoisotopic (exact) mass is 458 g/mol. The molecule has 2 atom stereocenters. The van der Waals surface area contributed by atoms with Gasteiger partial charge in [0.1, 0.15) is 11.9 Å². The van der Waals surface area contributed by atoms with Crippen molar-refractivity contribution in [2.75, 3.05) is 6.54 Å². The molecule has 2 amide bonds. The van der Waals surface area contributed by atoms with Crippen LogP contribution < -0.4 is 5.32 Å². The first kappa shape index (κ1) is 19.7. The molecular weight excluding hydrogens is 436 g/mol. The Hall–Kier alpha value is -2.61. The van der Waals surface area contributed by atoms with E-state index in [4.69, 9.17) is 10.1 Å². The third-order valence-electron chi connectivity index (χ3n) is 5.51. The summed E-state index contributed by atoms with van der Waals surface area (Å²) in [5.41, 5.74) is 1.81. The number of aromatic amines is 1. The molecule has 0 bridgehead atoms. The molecular formula is C21H23BrN4O3. The van der Waals surface area contributed by atoms with Crippen LogP contribution in [0, 0.1) is 5.92 Å². The molecule has 3 aromatic rings. The molecule has 1 aliphatic heterocycles. The number of halogens is 1. The Morgan fingerprint density at radius 1 is 1.31 bits per heavy atom. The summed E-state index contributed by atoms with van der Waals surface area (Å²) in [5.74, 6) is 0.413. The summed E-state index contributed by atoms with van der Waals surface area (Å²) < 4.78 is 1.01. The van der Waals surface area contributed by atoms with Crippen LogP contribution in [0.1, 0.15) is 38.6 Å². The largest absolute Gasteiger partial charge is 0.465 e. The fraction of sp³-hybridized carbons (Fsp3) is 0.381. The van der Waals surface area contributed by atoms with Crippen LogP contribution in [0.25, 0.3) is 21.8 Å². The number of amides is 2. The summed E-state index contributed by atoms with van der Waals surface area (Å²) in [7, 11) is 0. The highest BCUT2D eigenvalue weighted by Gasteiger charge is 2.37. The average Bonchev–Trinajstić information content (AvgIpc) is 3.31. The van der Waals surface area contributed by atoms with Gasteiger partial charge in [-0.05, 0) is 42.3 Å². The van der Waals surface area contributed by atoms with Gasteiger partial charge in [0.2, 0.25) is 5.91 Å². The zero-order valence-electron chi connectivity index (χ0n) is 16.3. The van der Waals surface area contributed by atoms with Gasteiger partial charge >= 0.3 is 6.09 Å². The quantitative estimate of drug-likeness (QED) is 0.538. The molecule has 8 heteroatoms. The van der Waals surface area contributed by atoms with Crippen molar-refractivity contribution in [3.63, 3.8) is 0 Å². The molecule has 4 rings (SSSR count). The number of benzene rings is 2. The SMILES string of the molecule is CC(C)C(NC(=O)O)C(=O)N1CCC[C@H]1c1nc2c(ccc3cc(Br)ccc32)[nH]1. The van der Waals surface area contributed by atoms with Gasteiger partial charge in [0.25, 0.3) is 0 Å². The van der Waals surface area contributed by atoms with Gasteiger partial charge in [-0.2, -0.15) is 0 Å². The Morgan fingerprint density at radius 3 is 2.83 bits per heavy atom. The number of fused-ring (bicyclic) bond motifs is 3. The number of hydrogen-bond donors (Lipinski definition) is 3. The normalized spacial score (nSPS) is 17.9. The van der Waals surface area contributed by atoms with E-state index in [1.807, 2.05) is 38.1 Å². The van der Waals surface area contributed by atoms with E-state index >= 15 is 0 Å². The average molecular weight is 459 g/mol. The van der Waals surface area contributed by atoms with Crippen molar-refractivity contribution in [1.29, 1.82) is 0 Å². The van der Waals surface area contributed by atoms with E-state index in [9.17, 15) is 9.59 Å². The van der Waals surface area contributed by atoms with Crippen LogP contribution in [0.15, 0.2) is 34.8 Å². The smallest absolute Gasteiger partial charge is 0.405 e. The lowest BCUT2D eigenvalue weighted by atomic mass is 10.0. The van der Waals surface area contributed by atoms with Crippen molar-refractivity contribution in [1.82, 2.24) is 20.2 Å². The first-order valence-electron chi connectivity index (χ1n) is 9.73. The molecule has 0 spiro atoms. The lowest BCUT2D eigenvalue weighted by Gasteiger charge is -2.29.